The number of rotatable bonds is 3. The van der Waals surface area contributed by atoms with E-state index in [2.05, 4.69) is 5.32 Å². The molecular formula is C16H20N2O2. The van der Waals surface area contributed by atoms with Gasteiger partial charge in [-0.3, -0.25) is 0 Å². The summed E-state index contributed by atoms with van der Waals surface area (Å²) in [6.07, 6.45) is 2.02. The van der Waals surface area contributed by atoms with Crippen molar-refractivity contribution in [1.82, 2.24) is 5.32 Å². The fourth-order valence-corrected chi connectivity index (χ4v) is 2.61. The lowest BCUT2D eigenvalue weighted by Gasteiger charge is -2.36. The van der Waals surface area contributed by atoms with Gasteiger partial charge in [0, 0.05) is 5.92 Å². The molecule has 0 saturated carbocycles. The molecule has 0 unspecified atom stereocenters. The second-order valence-corrected chi connectivity index (χ2v) is 5.71. The van der Waals surface area contributed by atoms with Crippen LogP contribution in [0.3, 0.4) is 0 Å². The molecule has 0 amide bonds. The van der Waals surface area contributed by atoms with Crippen molar-refractivity contribution >= 4 is 5.97 Å². The zero-order valence-corrected chi connectivity index (χ0v) is 12.0. The maximum atomic E-state index is 12.2. The molecule has 1 aliphatic heterocycles. The van der Waals surface area contributed by atoms with Crippen molar-refractivity contribution in [2.45, 2.75) is 32.3 Å². The van der Waals surface area contributed by atoms with Crippen LogP contribution in [0.1, 0.15) is 42.6 Å². The van der Waals surface area contributed by atoms with Gasteiger partial charge in [0.1, 0.15) is 5.60 Å². The number of hydrogen-bond donors (Lipinski definition) is 1. The van der Waals surface area contributed by atoms with Crippen LogP contribution in [0.5, 0.6) is 0 Å². The van der Waals surface area contributed by atoms with Crippen LogP contribution in [-0.2, 0) is 4.74 Å². The van der Waals surface area contributed by atoms with E-state index in [1.54, 1.807) is 24.3 Å². The number of hydrogen-bond acceptors (Lipinski definition) is 4. The molecule has 106 valence electrons. The standard InChI is InChI=1S/C16H20N2O2/c1-16(2,14-6-8-18-9-7-14)20-15(19)13-5-3-4-12(10-13)11-17/h3-5,10,14,18H,6-9H2,1-2H3. The Morgan fingerprint density at radius 3 is 2.75 bits per heavy atom. The average Bonchev–Trinajstić information content (AvgIpc) is 2.48. The topological polar surface area (TPSA) is 62.1 Å². The number of esters is 1. The van der Waals surface area contributed by atoms with Crippen LogP contribution >= 0.6 is 0 Å². The first-order chi connectivity index (χ1) is 9.53. The first kappa shape index (κ1) is 14.5. The van der Waals surface area contributed by atoms with Gasteiger partial charge in [-0.05, 0) is 58.0 Å². The van der Waals surface area contributed by atoms with E-state index in [-0.39, 0.29) is 5.97 Å². The predicted octanol–water partition coefficient (Wildman–Crippen LogP) is 2.49. The average molecular weight is 272 g/mol. The molecule has 4 nitrogen and oxygen atoms in total. The first-order valence-electron chi connectivity index (χ1n) is 6.97. The fourth-order valence-electron chi connectivity index (χ4n) is 2.61. The molecule has 1 aromatic rings. The number of piperidine rings is 1. The van der Waals surface area contributed by atoms with Crippen LogP contribution in [0.15, 0.2) is 24.3 Å². The number of carbonyl (C=O) groups is 1. The van der Waals surface area contributed by atoms with Crippen molar-refractivity contribution in [1.29, 1.82) is 5.26 Å². The summed E-state index contributed by atoms with van der Waals surface area (Å²) < 4.78 is 5.69. The summed E-state index contributed by atoms with van der Waals surface area (Å²) in [5.74, 6) is 0.0116. The molecular weight excluding hydrogens is 252 g/mol. The molecule has 1 heterocycles. The minimum Gasteiger partial charge on any atom is -0.456 e. The lowest BCUT2D eigenvalue weighted by molar-refractivity contribution is -0.0368. The van der Waals surface area contributed by atoms with E-state index in [4.69, 9.17) is 10.00 Å². The van der Waals surface area contributed by atoms with Gasteiger partial charge < -0.3 is 10.1 Å². The predicted molar refractivity (Wildman–Crippen MR) is 76.2 cm³/mol. The van der Waals surface area contributed by atoms with Crippen molar-refractivity contribution < 1.29 is 9.53 Å². The SMILES string of the molecule is CC(C)(OC(=O)c1cccc(C#N)c1)C1CCNCC1. The molecule has 0 radical (unpaired) electrons. The van der Waals surface area contributed by atoms with E-state index < -0.39 is 5.60 Å². The van der Waals surface area contributed by atoms with Crippen molar-refractivity contribution in [2.24, 2.45) is 5.92 Å². The largest absolute Gasteiger partial charge is 0.456 e. The fraction of sp³-hybridized carbons (Fsp3) is 0.500. The van der Waals surface area contributed by atoms with Gasteiger partial charge in [0.2, 0.25) is 0 Å². The second-order valence-electron chi connectivity index (χ2n) is 5.71. The van der Waals surface area contributed by atoms with E-state index in [0.29, 0.717) is 17.0 Å². The van der Waals surface area contributed by atoms with Crippen molar-refractivity contribution in [3.63, 3.8) is 0 Å². The molecule has 1 saturated heterocycles. The summed E-state index contributed by atoms with van der Waals surface area (Å²) in [4.78, 5) is 12.2. The number of benzene rings is 1. The molecule has 0 spiro atoms. The van der Waals surface area contributed by atoms with Gasteiger partial charge in [-0.25, -0.2) is 4.79 Å². The summed E-state index contributed by atoms with van der Waals surface area (Å²) in [7, 11) is 0. The van der Waals surface area contributed by atoms with Crippen molar-refractivity contribution in [3.05, 3.63) is 35.4 Å². The Hall–Kier alpha value is -1.86. The summed E-state index contributed by atoms with van der Waals surface area (Å²) in [5.41, 5.74) is 0.423. The normalized spacial score (nSPS) is 16.4. The van der Waals surface area contributed by atoms with Crippen LogP contribution in [-0.4, -0.2) is 24.7 Å². The van der Waals surface area contributed by atoms with Gasteiger partial charge >= 0.3 is 5.97 Å². The molecule has 0 aliphatic carbocycles. The van der Waals surface area contributed by atoms with Gasteiger partial charge in [0.25, 0.3) is 0 Å². The van der Waals surface area contributed by atoms with Crippen LogP contribution in [0, 0.1) is 17.2 Å². The highest BCUT2D eigenvalue weighted by Crippen LogP contribution is 2.29. The number of carbonyl (C=O) groups excluding carboxylic acids is 1. The van der Waals surface area contributed by atoms with E-state index in [1.807, 2.05) is 19.9 Å². The quantitative estimate of drug-likeness (QED) is 0.859. The molecule has 4 heteroatoms. The van der Waals surface area contributed by atoms with Gasteiger partial charge in [0.05, 0.1) is 17.2 Å². The minimum absolute atomic E-state index is 0.356. The molecule has 1 fully saturated rings. The Bertz CT molecular complexity index is 526. The van der Waals surface area contributed by atoms with Crippen LogP contribution < -0.4 is 5.32 Å². The lowest BCUT2D eigenvalue weighted by Crippen LogP contribution is -2.42. The zero-order valence-electron chi connectivity index (χ0n) is 12.0. The second kappa shape index (κ2) is 6.06. The Balaban J connectivity index is 2.07. The number of nitrogens with one attached hydrogen (secondary N) is 1. The molecule has 0 aromatic heterocycles. The molecule has 0 atom stereocenters. The van der Waals surface area contributed by atoms with E-state index in [1.165, 1.54) is 0 Å². The highest BCUT2D eigenvalue weighted by atomic mass is 16.6. The number of nitriles is 1. The summed E-state index contributed by atoms with van der Waals surface area (Å²) in [5, 5.41) is 12.2. The summed E-state index contributed by atoms with van der Waals surface area (Å²) >= 11 is 0. The van der Waals surface area contributed by atoms with Crippen LogP contribution in [0.25, 0.3) is 0 Å². The van der Waals surface area contributed by atoms with E-state index in [9.17, 15) is 4.79 Å². The van der Waals surface area contributed by atoms with Gasteiger partial charge in [0.15, 0.2) is 0 Å². The summed E-state index contributed by atoms with van der Waals surface area (Å²) in [6.45, 7) is 5.87. The van der Waals surface area contributed by atoms with Crippen LogP contribution in [0.4, 0.5) is 0 Å². The molecule has 1 aromatic carbocycles. The monoisotopic (exact) mass is 272 g/mol. The molecule has 1 N–H and O–H groups in total. The molecule has 1 aliphatic rings. The Morgan fingerprint density at radius 2 is 2.10 bits per heavy atom. The first-order valence-corrected chi connectivity index (χ1v) is 6.97. The van der Waals surface area contributed by atoms with Gasteiger partial charge in [-0.1, -0.05) is 6.07 Å². The highest BCUT2D eigenvalue weighted by Gasteiger charge is 2.34. The van der Waals surface area contributed by atoms with E-state index >= 15 is 0 Å². The zero-order chi connectivity index (χ0) is 14.6. The Kier molecular flexibility index (Phi) is 4.41. The number of ether oxygens (including phenoxy) is 1. The molecule has 20 heavy (non-hydrogen) atoms. The minimum atomic E-state index is -0.484. The smallest absolute Gasteiger partial charge is 0.338 e. The van der Waals surface area contributed by atoms with Crippen molar-refractivity contribution in [2.75, 3.05) is 13.1 Å². The third-order valence-electron chi connectivity index (χ3n) is 3.91. The molecule has 0 bridgehead atoms. The third-order valence-corrected chi connectivity index (χ3v) is 3.91. The van der Waals surface area contributed by atoms with Gasteiger partial charge in [-0.2, -0.15) is 5.26 Å². The number of nitrogens with zero attached hydrogens (tertiary/aromatic N) is 1. The van der Waals surface area contributed by atoms with Crippen LogP contribution in [0.2, 0.25) is 0 Å². The lowest BCUT2D eigenvalue weighted by atomic mass is 9.83. The third kappa shape index (κ3) is 3.37. The maximum absolute atomic E-state index is 12.2. The maximum Gasteiger partial charge on any atom is 0.338 e. The van der Waals surface area contributed by atoms with Crippen molar-refractivity contribution in [3.8, 4) is 6.07 Å². The summed E-state index contributed by atoms with van der Waals surface area (Å²) in [6, 6.07) is 8.66. The van der Waals surface area contributed by atoms with E-state index in [0.717, 1.165) is 25.9 Å². The molecule has 2 rings (SSSR count). The highest BCUT2D eigenvalue weighted by molar-refractivity contribution is 5.90. The Morgan fingerprint density at radius 1 is 1.40 bits per heavy atom. The van der Waals surface area contributed by atoms with Gasteiger partial charge in [-0.15, -0.1) is 0 Å². The Labute approximate surface area is 119 Å².